The summed E-state index contributed by atoms with van der Waals surface area (Å²) in [7, 11) is 0. The minimum atomic E-state index is -0.995. The van der Waals surface area contributed by atoms with Crippen molar-refractivity contribution in [3.63, 3.8) is 0 Å². The number of nitrogens with zero attached hydrogens (tertiary/aromatic N) is 2. The van der Waals surface area contributed by atoms with Crippen LogP contribution in [-0.2, 0) is 11.3 Å². The minimum absolute atomic E-state index is 0.410. The van der Waals surface area contributed by atoms with Crippen molar-refractivity contribution in [3.8, 4) is 0 Å². The van der Waals surface area contributed by atoms with Crippen LogP contribution in [0.2, 0.25) is 0 Å². The number of aryl methyl sites for hydroxylation is 2. The van der Waals surface area contributed by atoms with Crippen molar-refractivity contribution in [2.75, 3.05) is 0 Å². The Balaban J connectivity index is 2.29. The van der Waals surface area contributed by atoms with Crippen molar-refractivity contribution >= 4 is 5.97 Å². The van der Waals surface area contributed by atoms with Crippen LogP contribution in [0.15, 0.2) is 9.32 Å². The van der Waals surface area contributed by atoms with E-state index in [-0.39, 0.29) is 0 Å². The summed E-state index contributed by atoms with van der Waals surface area (Å²) in [5.74, 6) is -1.09. The van der Waals surface area contributed by atoms with E-state index >= 15 is 0 Å². The van der Waals surface area contributed by atoms with E-state index < -0.39 is 17.8 Å². The lowest BCUT2D eigenvalue weighted by Gasteiger charge is -2.05. The molecule has 1 atom stereocenters. The monoisotopic (exact) mass is 229 g/mol. The molecule has 1 aromatic heterocycles. The van der Waals surface area contributed by atoms with Gasteiger partial charge in [-0.2, -0.15) is 9.72 Å². The molecule has 0 bridgehead atoms. The number of nitrogens with two attached hydrogens (primary N) is 1. The molecule has 0 saturated carbocycles. The lowest BCUT2D eigenvalue weighted by molar-refractivity contribution is -0.138. The minimum Gasteiger partial charge on any atom is -0.480 e. The predicted octanol–water partition coefficient (Wildman–Crippen LogP) is -0.273. The van der Waals surface area contributed by atoms with Crippen LogP contribution in [0.3, 0.4) is 0 Å². The van der Waals surface area contributed by atoms with E-state index in [1.165, 1.54) is 4.74 Å². The third-order valence-electron chi connectivity index (χ3n) is 2.25. The normalized spacial score (nSPS) is 12.6. The van der Waals surface area contributed by atoms with Gasteiger partial charge in [0.1, 0.15) is 11.9 Å². The molecule has 3 N–H and O–H groups in total. The Labute approximate surface area is 91.8 Å². The van der Waals surface area contributed by atoms with Gasteiger partial charge in [-0.1, -0.05) is 0 Å². The molecule has 0 aromatic carbocycles. The zero-order chi connectivity index (χ0) is 12.1. The predicted molar refractivity (Wildman–Crippen MR) is 55.0 cm³/mol. The van der Waals surface area contributed by atoms with Gasteiger partial charge in [0, 0.05) is 0 Å². The molecule has 90 valence electrons. The molecule has 0 aliphatic heterocycles. The van der Waals surface area contributed by atoms with Crippen molar-refractivity contribution in [3.05, 3.63) is 16.4 Å². The zero-order valence-electron chi connectivity index (χ0n) is 9.05. The maximum absolute atomic E-state index is 10.7. The molecule has 7 nitrogen and oxygen atoms in total. The van der Waals surface area contributed by atoms with Crippen LogP contribution in [0.4, 0.5) is 0 Å². The average molecular weight is 229 g/mol. The fourth-order valence-electron chi connectivity index (χ4n) is 1.32. The number of hydrogen-bond donors (Lipinski definition) is 2. The Morgan fingerprint density at radius 3 is 2.81 bits per heavy atom. The molecular weight excluding hydrogens is 214 g/mol. The second kappa shape index (κ2) is 5.45. The smallest absolute Gasteiger partial charge is 0.459 e. The van der Waals surface area contributed by atoms with Gasteiger partial charge in [-0.3, -0.25) is 4.79 Å². The van der Waals surface area contributed by atoms with Gasteiger partial charge in [0.05, 0.1) is 6.54 Å². The molecule has 0 aliphatic carbocycles. The lowest BCUT2D eigenvalue weighted by atomic mass is 10.1. The van der Waals surface area contributed by atoms with Gasteiger partial charge in [-0.05, 0) is 26.2 Å². The molecule has 16 heavy (non-hydrogen) atoms. The van der Waals surface area contributed by atoms with Crippen LogP contribution < -0.4 is 11.5 Å². The summed E-state index contributed by atoms with van der Waals surface area (Å²) in [4.78, 5) is 24.7. The molecule has 0 amide bonds. The Bertz CT molecular complexity index is 409. The highest BCUT2D eigenvalue weighted by Crippen LogP contribution is 2.02. The topological polar surface area (TPSA) is 111 Å². The summed E-state index contributed by atoms with van der Waals surface area (Å²) < 4.78 is 6.17. The van der Waals surface area contributed by atoms with E-state index in [1.807, 2.05) is 0 Å². The summed E-state index contributed by atoms with van der Waals surface area (Å²) in [6, 6.07) is -0.823. The molecule has 7 heteroatoms. The van der Waals surface area contributed by atoms with Gasteiger partial charge >= 0.3 is 11.7 Å². The lowest BCUT2D eigenvalue weighted by Crippen LogP contribution is -2.29. The summed E-state index contributed by atoms with van der Waals surface area (Å²) in [5, 5.41) is 8.55. The van der Waals surface area contributed by atoms with E-state index in [0.717, 1.165) is 0 Å². The van der Waals surface area contributed by atoms with E-state index in [1.54, 1.807) is 6.92 Å². The Hall–Kier alpha value is -1.63. The molecule has 1 rings (SSSR count). The molecule has 0 unspecified atom stereocenters. The standard InChI is InChI=1S/C9H15N3O4/c1-6-11-9(15)16-12(6)5-3-2-4-7(10)8(13)14/h7H,2-5,10H2,1H3,(H,13,14)/t7-/m0/s1. The molecule has 0 saturated heterocycles. The summed E-state index contributed by atoms with van der Waals surface area (Å²) in [6.45, 7) is 2.18. The highest BCUT2D eigenvalue weighted by Gasteiger charge is 2.10. The van der Waals surface area contributed by atoms with Gasteiger partial charge in [0.2, 0.25) is 0 Å². The third kappa shape index (κ3) is 3.50. The quantitative estimate of drug-likeness (QED) is 0.649. The van der Waals surface area contributed by atoms with Crippen LogP contribution in [0.5, 0.6) is 0 Å². The first-order valence-electron chi connectivity index (χ1n) is 5.04. The highest BCUT2D eigenvalue weighted by atomic mass is 16.5. The van der Waals surface area contributed by atoms with Crippen LogP contribution in [0.1, 0.15) is 25.1 Å². The number of hydrogen-bond acceptors (Lipinski definition) is 5. The van der Waals surface area contributed by atoms with Crippen molar-refractivity contribution in [2.45, 2.75) is 38.8 Å². The number of aliphatic carboxylic acids is 1. The van der Waals surface area contributed by atoms with Gasteiger partial charge in [-0.15, -0.1) is 0 Å². The Morgan fingerprint density at radius 2 is 2.31 bits per heavy atom. The Morgan fingerprint density at radius 1 is 1.62 bits per heavy atom. The largest absolute Gasteiger partial charge is 0.480 e. The fraction of sp³-hybridized carbons (Fsp3) is 0.667. The number of carbonyl (C=O) groups is 1. The molecule has 1 heterocycles. The van der Waals surface area contributed by atoms with E-state index in [0.29, 0.717) is 31.6 Å². The van der Waals surface area contributed by atoms with E-state index in [2.05, 4.69) is 4.98 Å². The van der Waals surface area contributed by atoms with Crippen molar-refractivity contribution in [2.24, 2.45) is 5.73 Å². The van der Waals surface area contributed by atoms with E-state index in [4.69, 9.17) is 15.4 Å². The maximum Gasteiger partial charge on any atom is 0.459 e. The van der Waals surface area contributed by atoms with Crippen LogP contribution in [0, 0.1) is 6.92 Å². The van der Waals surface area contributed by atoms with Crippen LogP contribution >= 0.6 is 0 Å². The number of unbranched alkanes of at least 4 members (excludes halogenated alkanes) is 1. The number of aromatic nitrogens is 2. The summed E-state index contributed by atoms with van der Waals surface area (Å²) >= 11 is 0. The first-order valence-corrected chi connectivity index (χ1v) is 5.04. The van der Waals surface area contributed by atoms with Gasteiger partial charge < -0.3 is 15.4 Å². The number of carboxylic acids is 1. The van der Waals surface area contributed by atoms with Crippen LogP contribution in [0.25, 0.3) is 0 Å². The van der Waals surface area contributed by atoms with Crippen molar-refractivity contribution in [1.29, 1.82) is 0 Å². The van der Waals surface area contributed by atoms with Gasteiger partial charge in [0.15, 0.2) is 0 Å². The summed E-state index contributed by atoms with van der Waals surface area (Å²) in [6.07, 6.45) is 1.77. The second-order valence-electron chi connectivity index (χ2n) is 3.56. The third-order valence-corrected chi connectivity index (χ3v) is 2.25. The highest BCUT2D eigenvalue weighted by molar-refractivity contribution is 5.72. The van der Waals surface area contributed by atoms with Crippen molar-refractivity contribution in [1.82, 2.24) is 9.72 Å². The molecule has 0 aliphatic rings. The first kappa shape index (κ1) is 12.4. The van der Waals surface area contributed by atoms with E-state index in [9.17, 15) is 9.59 Å². The molecule has 0 spiro atoms. The fourth-order valence-corrected chi connectivity index (χ4v) is 1.32. The molecule has 0 fully saturated rings. The maximum atomic E-state index is 10.7. The average Bonchev–Trinajstić information content (AvgIpc) is 2.51. The number of carboxylic acid groups (broad SMARTS) is 1. The number of rotatable bonds is 6. The molecule has 0 radical (unpaired) electrons. The zero-order valence-corrected chi connectivity index (χ0v) is 9.05. The van der Waals surface area contributed by atoms with Gasteiger partial charge in [0.25, 0.3) is 0 Å². The van der Waals surface area contributed by atoms with Crippen molar-refractivity contribution < 1.29 is 14.4 Å². The summed E-state index contributed by atoms with van der Waals surface area (Å²) in [5.41, 5.74) is 5.34. The Kier molecular flexibility index (Phi) is 4.24. The molecular formula is C9H15N3O4. The SMILES string of the molecule is Cc1nc(=O)on1CCCC[C@H](N)C(=O)O. The van der Waals surface area contributed by atoms with Crippen LogP contribution in [-0.4, -0.2) is 26.8 Å². The second-order valence-corrected chi connectivity index (χ2v) is 3.56. The van der Waals surface area contributed by atoms with Gasteiger partial charge in [-0.25, -0.2) is 4.79 Å². The first-order chi connectivity index (χ1) is 7.50. The molecule has 1 aromatic rings.